The van der Waals surface area contributed by atoms with Crippen LogP contribution in [0.25, 0.3) is 0 Å². The first-order chi connectivity index (χ1) is 12.7. The van der Waals surface area contributed by atoms with Gasteiger partial charge in [-0.3, -0.25) is 9.78 Å². The Bertz CT molecular complexity index is 947. The van der Waals surface area contributed by atoms with E-state index in [9.17, 15) is 4.79 Å². The van der Waals surface area contributed by atoms with Crippen LogP contribution in [0.4, 0.5) is 17.1 Å². The maximum Gasteiger partial charge on any atom is 0.276 e. The first-order valence-electron chi connectivity index (χ1n) is 8.31. The van der Waals surface area contributed by atoms with Crippen molar-refractivity contribution in [2.45, 2.75) is 6.92 Å². The topological polar surface area (TPSA) is 69.0 Å². The van der Waals surface area contributed by atoms with E-state index >= 15 is 0 Å². The number of benzene rings is 2. The fraction of sp³-hybridized carbons (Fsp3) is 0.0952. The molecule has 128 valence electrons. The highest BCUT2D eigenvalue weighted by Crippen LogP contribution is 2.20. The summed E-state index contributed by atoms with van der Waals surface area (Å²) in [5.41, 5.74) is 3.28. The molecule has 0 unspecified atom stereocenters. The minimum Gasteiger partial charge on any atom is -0.355 e. The number of pyridine rings is 1. The monoisotopic (exact) mass is 342 g/mol. The molecule has 0 bridgehead atoms. The van der Waals surface area contributed by atoms with Crippen molar-refractivity contribution in [1.29, 1.82) is 5.26 Å². The molecule has 3 aromatic rings. The van der Waals surface area contributed by atoms with Crippen molar-refractivity contribution in [3.63, 3.8) is 0 Å². The summed E-state index contributed by atoms with van der Waals surface area (Å²) in [6, 6.07) is 22.3. The second-order valence-electron chi connectivity index (χ2n) is 5.63. The van der Waals surface area contributed by atoms with Crippen LogP contribution in [0.15, 0.2) is 72.9 Å². The lowest BCUT2D eigenvalue weighted by molar-refractivity contribution is 0.0983. The molecule has 0 spiro atoms. The van der Waals surface area contributed by atoms with Crippen molar-refractivity contribution in [2.24, 2.45) is 0 Å². The molecule has 5 nitrogen and oxygen atoms in total. The Kier molecular flexibility index (Phi) is 5.25. The molecule has 1 N–H and O–H groups in total. The number of carbonyl (C=O) groups excluding carboxylic acids is 1. The third-order valence-electron chi connectivity index (χ3n) is 3.89. The normalized spacial score (nSPS) is 10.0. The molecule has 1 heterocycles. The molecule has 0 aliphatic carbocycles. The summed E-state index contributed by atoms with van der Waals surface area (Å²) in [6.45, 7) is 2.48. The standard InChI is InChI=1S/C21H18N4O/c1-2-25(19-9-4-3-5-10-19)21(26)20-14-18(11-12-23-20)24-17-8-6-7-16(13-17)15-22/h3-14H,2H2,1H3,(H,23,24). The zero-order chi connectivity index (χ0) is 18.4. The van der Waals surface area contributed by atoms with Crippen LogP contribution in [0.3, 0.4) is 0 Å². The molecule has 1 aromatic heterocycles. The number of para-hydroxylation sites is 1. The summed E-state index contributed by atoms with van der Waals surface area (Å²) in [7, 11) is 0. The zero-order valence-corrected chi connectivity index (χ0v) is 14.4. The fourth-order valence-electron chi connectivity index (χ4n) is 2.65. The van der Waals surface area contributed by atoms with Crippen LogP contribution in [0.5, 0.6) is 0 Å². The van der Waals surface area contributed by atoms with Crippen LogP contribution in [0.1, 0.15) is 23.0 Å². The Labute approximate surface area is 152 Å². The number of hydrogen-bond donors (Lipinski definition) is 1. The number of rotatable bonds is 5. The number of nitriles is 1. The number of nitrogens with one attached hydrogen (secondary N) is 1. The Morgan fingerprint density at radius 1 is 1.08 bits per heavy atom. The summed E-state index contributed by atoms with van der Waals surface area (Å²) in [4.78, 5) is 18.8. The SMILES string of the molecule is CCN(C(=O)c1cc(Nc2cccc(C#N)c2)ccn1)c1ccccc1. The van der Waals surface area contributed by atoms with Gasteiger partial charge in [-0.15, -0.1) is 0 Å². The molecule has 0 saturated carbocycles. The van der Waals surface area contributed by atoms with E-state index in [2.05, 4.69) is 16.4 Å². The van der Waals surface area contributed by atoms with Gasteiger partial charge in [-0.1, -0.05) is 24.3 Å². The Balaban J connectivity index is 1.84. The number of amides is 1. The molecule has 0 fully saturated rings. The smallest absolute Gasteiger partial charge is 0.276 e. The maximum absolute atomic E-state index is 12.9. The lowest BCUT2D eigenvalue weighted by atomic mass is 10.2. The fourth-order valence-corrected chi connectivity index (χ4v) is 2.65. The van der Waals surface area contributed by atoms with Crippen LogP contribution in [0.2, 0.25) is 0 Å². The van der Waals surface area contributed by atoms with Crippen LogP contribution >= 0.6 is 0 Å². The average Bonchev–Trinajstić information content (AvgIpc) is 2.69. The third kappa shape index (κ3) is 3.87. The predicted octanol–water partition coefficient (Wildman–Crippen LogP) is 4.36. The van der Waals surface area contributed by atoms with Gasteiger partial charge in [-0.25, -0.2) is 0 Å². The van der Waals surface area contributed by atoms with Crippen molar-refractivity contribution >= 4 is 23.0 Å². The van der Waals surface area contributed by atoms with Gasteiger partial charge in [0.25, 0.3) is 5.91 Å². The van der Waals surface area contributed by atoms with E-state index in [1.54, 1.807) is 35.4 Å². The van der Waals surface area contributed by atoms with Gasteiger partial charge in [0.05, 0.1) is 11.6 Å². The zero-order valence-electron chi connectivity index (χ0n) is 14.4. The van der Waals surface area contributed by atoms with E-state index < -0.39 is 0 Å². The van der Waals surface area contributed by atoms with Gasteiger partial charge in [0.15, 0.2) is 0 Å². The van der Waals surface area contributed by atoms with Crippen molar-refractivity contribution in [1.82, 2.24) is 4.98 Å². The molecule has 0 aliphatic heterocycles. The molecule has 2 aromatic carbocycles. The highest BCUT2D eigenvalue weighted by atomic mass is 16.2. The average molecular weight is 342 g/mol. The van der Waals surface area contributed by atoms with Crippen molar-refractivity contribution in [3.8, 4) is 6.07 Å². The molecule has 26 heavy (non-hydrogen) atoms. The van der Waals surface area contributed by atoms with Crippen molar-refractivity contribution in [2.75, 3.05) is 16.8 Å². The molecular weight excluding hydrogens is 324 g/mol. The van der Waals surface area contributed by atoms with E-state index in [0.717, 1.165) is 17.1 Å². The predicted molar refractivity (Wildman–Crippen MR) is 102 cm³/mol. The quantitative estimate of drug-likeness (QED) is 0.748. The number of nitrogens with zero attached hydrogens (tertiary/aromatic N) is 3. The Morgan fingerprint density at radius 3 is 2.58 bits per heavy atom. The van der Waals surface area contributed by atoms with Gasteiger partial charge >= 0.3 is 0 Å². The summed E-state index contributed by atoms with van der Waals surface area (Å²) >= 11 is 0. The van der Waals surface area contributed by atoms with Crippen molar-refractivity contribution < 1.29 is 4.79 Å². The molecule has 0 radical (unpaired) electrons. The molecule has 3 rings (SSSR count). The summed E-state index contributed by atoms with van der Waals surface area (Å²) in [5, 5.41) is 12.2. The van der Waals surface area contributed by atoms with Gasteiger partial charge in [-0.2, -0.15) is 5.26 Å². The molecule has 0 saturated heterocycles. The second-order valence-corrected chi connectivity index (χ2v) is 5.63. The first kappa shape index (κ1) is 17.2. The molecular formula is C21H18N4O. The lowest BCUT2D eigenvalue weighted by Gasteiger charge is -2.20. The minimum atomic E-state index is -0.159. The highest BCUT2D eigenvalue weighted by molar-refractivity contribution is 6.05. The highest BCUT2D eigenvalue weighted by Gasteiger charge is 2.17. The van der Waals surface area contributed by atoms with Gasteiger partial charge in [0.2, 0.25) is 0 Å². The number of hydrogen-bond acceptors (Lipinski definition) is 4. The molecule has 1 amide bonds. The second kappa shape index (κ2) is 7.95. The van der Waals surface area contributed by atoms with Crippen LogP contribution < -0.4 is 10.2 Å². The van der Waals surface area contributed by atoms with Crippen LogP contribution in [0, 0.1) is 11.3 Å². The van der Waals surface area contributed by atoms with Gasteiger partial charge in [0, 0.05) is 29.8 Å². The van der Waals surface area contributed by atoms with Crippen LogP contribution in [-0.2, 0) is 0 Å². The summed E-state index contributed by atoms with van der Waals surface area (Å²) in [5.74, 6) is -0.159. The number of anilines is 3. The largest absolute Gasteiger partial charge is 0.355 e. The van der Waals surface area contributed by atoms with Gasteiger partial charge in [-0.05, 0) is 49.4 Å². The molecule has 0 aliphatic rings. The lowest BCUT2D eigenvalue weighted by Crippen LogP contribution is -2.31. The van der Waals surface area contributed by atoms with Gasteiger partial charge in [0.1, 0.15) is 5.69 Å². The summed E-state index contributed by atoms with van der Waals surface area (Å²) in [6.07, 6.45) is 1.60. The maximum atomic E-state index is 12.9. The Hall–Kier alpha value is -3.65. The minimum absolute atomic E-state index is 0.159. The van der Waals surface area contributed by atoms with E-state index in [4.69, 9.17) is 5.26 Å². The van der Waals surface area contributed by atoms with E-state index in [0.29, 0.717) is 17.8 Å². The van der Waals surface area contributed by atoms with E-state index in [1.165, 1.54) is 0 Å². The Morgan fingerprint density at radius 2 is 1.85 bits per heavy atom. The van der Waals surface area contributed by atoms with E-state index in [-0.39, 0.29) is 5.91 Å². The molecule has 0 atom stereocenters. The first-order valence-corrected chi connectivity index (χ1v) is 8.31. The number of aromatic nitrogens is 1. The molecule has 5 heteroatoms. The van der Waals surface area contributed by atoms with Crippen molar-refractivity contribution in [3.05, 3.63) is 84.2 Å². The van der Waals surface area contributed by atoms with E-state index in [1.807, 2.05) is 49.4 Å². The van der Waals surface area contributed by atoms with Crippen LogP contribution in [-0.4, -0.2) is 17.4 Å². The third-order valence-corrected chi connectivity index (χ3v) is 3.89. The number of carbonyl (C=O) groups is 1. The van der Waals surface area contributed by atoms with Gasteiger partial charge < -0.3 is 10.2 Å². The summed E-state index contributed by atoms with van der Waals surface area (Å²) < 4.78 is 0.